The molecule has 0 radical (unpaired) electrons. The lowest BCUT2D eigenvalue weighted by Crippen LogP contribution is -2.71. The molecule has 2 aromatic rings. The molecule has 4 heterocycles. The highest BCUT2D eigenvalue weighted by molar-refractivity contribution is 8.00. The molecule has 236 valence electrons. The topological polar surface area (TPSA) is 205 Å². The van der Waals surface area contributed by atoms with E-state index in [1.807, 2.05) is 0 Å². The minimum atomic E-state index is -5.51. The van der Waals surface area contributed by atoms with Crippen molar-refractivity contribution >= 4 is 63.6 Å². The fourth-order valence-electron chi connectivity index (χ4n) is 4.79. The van der Waals surface area contributed by atoms with Crippen LogP contribution in [0.15, 0.2) is 57.7 Å². The molecule has 0 aliphatic carbocycles. The summed E-state index contributed by atoms with van der Waals surface area (Å²) in [5.41, 5.74) is 4.98. The summed E-state index contributed by atoms with van der Waals surface area (Å²) in [5.74, 6) is -7.12. The van der Waals surface area contributed by atoms with Crippen LogP contribution < -0.4 is 11.1 Å². The zero-order chi connectivity index (χ0) is 32.6. The number of carbonyl (C=O) groups excluding carboxylic acids is 5. The molecule has 45 heavy (non-hydrogen) atoms. The molecule has 14 nitrogen and oxygen atoms in total. The Morgan fingerprint density at radius 2 is 2.02 bits per heavy atom. The summed E-state index contributed by atoms with van der Waals surface area (Å²) in [6.45, 7) is 0.403. The molecule has 0 bridgehead atoms. The molecule has 5 rings (SSSR count). The Labute approximate surface area is 259 Å². The number of thioether (sulfide) groups is 1. The summed E-state index contributed by atoms with van der Waals surface area (Å²) in [5, 5.41) is 24.7. The molecular weight excluding hydrogens is 645 g/mol. The van der Waals surface area contributed by atoms with Gasteiger partial charge in [-0.05, 0) is 35.8 Å². The van der Waals surface area contributed by atoms with Crippen LogP contribution in [0.25, 0.3) is 0 Å². The standard InChI is InChI=1S/C26H21F3N6O8S2/c27-26(28,29)24(41)43-23(40)18-13(7-12-4-5-34(20(12)38)8-11-2-1-3-14(36)6-11)9-44-22-17(21(39)35(18)22)32-19(37)16(33-42)15-10-45-25(30)31-15/h1-3,6-7,10,17,22,36,42H,4-5,8-9H2,(H2,30,31)(H,32,37)/b12-7?,33-16-/t17-,22-/m1/s1. The normalized spacial score (nSPS) is 21.1. The number of fused-ring (bicyclic) bond motifs is 1. The third kappa shape index (κ3) is 6.34. The SMILES string of the molecule is Nc1nc(/C(=N/O)C(=O)N[C@@H]2C(=O)N3C(C(=O)OC(=O)C(F)(F)F)=C(C=C4CCN(Cc5cccc(O)c5)C4=O)CS[C@H]23)cs1. The maximum Gasteiger partial charge on any atom is 0.491 e. The molecule has 1 aromatic carbocycles. The predicted molar refractivity (Wildman–Crippen MR) is 150 cm³/mol. The van der Waals surface area contributed by atoms with Gasteiger partial charge in [0, 0.05) is 29.8 Å². The minimum absolute atomic E-state index is 0.00631. The van der Waals surface area contributed by atoms with Crippen molar-refractivity contribution in [1.29, 1.82) is 0 Å². The van der Waals surface area contributed by atoms with Gasteiger partial charge in [0.25, 0.3) is 11.8 Å². The minimum Gasteiger partial charge on any atom is -0.508 e. The van der Waals surface area contributed by atoms with Crippen molar-refractivity contribution in [2.24, 2.45) is 5.16 Å². The van der Waals surface area contributed by atoms with E-state index < -0.39 is 58.7 Å². The number of phenolic OH excluding ortho intramolecular Hbond substituents is 1. The van der Waals surface area contributed by atoms with E-state index in [1.165, 1.54) is 28.5 Å². The number of carbonyl (C=O) groups is 5. The lowest BCUT2D eigenvalue weighted by molar-refractivity contribution is -0.201. The van der Waals surface area contributed by atoms with Crippen LogP contribution in [0.4, 0.5) is 18.3 Å². The maximum atomic E-state index is 13.2. The molecule has 3 aliphatic rings. The number of amides is 3. The van der Waals surface area contributed by atoms with Crippen molar-refractivity contribution in [3.05, 3.63) is 63.8 Å². The summed E-state index contributed by atoms with van der Waals surface area (Å²) in [4.78, 5) is 69.7. The van der Waals surface area contributed by atoms with Crippen LogP contribution in [0.2, 0.25) is 0 Å². The van der Waals surface area contributed by atoms with Gasteiger partial charge in [0.1, 0.15) is 28.6 Å². The van der Waals surface area contributed by atoms with Gasteiger partial charge in [-0.1, -0.05) is 17.3 Å². The van der Waals surface area contributed by atoms with Gasteiger partial charge in [0.05, 0.1) is 0 Å². The second kappa shape index (κ2) is 12.2. The summed E-state index contributed by atoms with van der Waals surface area (Å²) in [6, 6.07) is 4.93. The Morgan fingerprint density at radius 3 is 2.67 bits per heavy atom. The fourth-order valence-corrected chi connectivity index (χ4v) is 6.64. The molecule has 1 aromatic heterocycles. The highest BCUT2D eigenvalue weighted by Crippen LogP contribution is 2.42. The molecule has 2 atom stereocenters. The average Bonchev–Trinajstić information content (AvgIpc) is 3.56. The molecular formula is C26H21F3N6O8S2. The van der Waals surface area contributed by atoms with Gasteiger partial charge in [-0.15, -0.1) is 23.1 Å². The largest absolute Gasteiger partial charge is 0.508 e. The smallest absolute Gasteiger partial charge is 0.491 e. The van der Waals surface area contributed by atoms with Crippen molar-refractivity contribution in [2.75, 3.05) is 18.0 Å². The molecule has 3 aliphatic heterocycles. The van der Waals surface area contributed by atoms with Gasteiger partial charge < -0.3 is 31.0 Å². The quantitative estimate of drug-likeness (QED) is 0.0630. The number of β-lactam (4-membered cyclic amide) rings is 1. The number of allylic oxidation sites excluding steroid dienone is 1. The van der Waals surface area contributed by atoms with Crippen LogP contribution >= 0.6 is 23.1 Å². The summed E-state index contributed by atoms with van der Waals surface area (Å²) < 4.78 is 42.8. The lowest BCUT2D eigenvalue weighted by atomic mass is 10.0. The van der Waals surface area contributed by atoms with E-state index in [1.54, 1.807) is 12.1 Å². The first-order valence-corrected chi connectivity index (χ1v) is 14.7. The average molecular weight is 667 g/mol. The summed E-state index contributed by atoms with van der Waals surface area (Å²) in [6.07, 6.45) is -4.05. The number of nitrogens with two attached hydrogens (primary N) is 1. The van der Waals surface area contributed by atoms with Crippen molar-refractivity contribution < 1.29 is 52.2 Å². The van der Waals surface area contributed by atoms with Gasteiger partial charge in [-0.25, -0.2) is 14.6 Å². The Balaban J connectivity index is 1.40. The number of alkyl halides is 3. The van der Waals surface area contributed by atoms with Crippen molar-refractivity contribution in [3.8, 4) is 5.75 Å². The van der Waals surface area contributed by atoms with E-state index in [9.17, 15) is 47.5 Å². The van der Waals surface area contributed by atoms with Gasteiger partial charge in [0.15, 0.2) is 10.8 Å². The van der Waals surface area contributed by atoms with Crippen molar-refractivity contribution in [1.82, 2.24) is 20.1 Å². The third-order valence-electron chi connectivity index (χ3n) is 6.82. The number of benzene rings is 1. The van der Waals surface area contributed by atoms with Crippen LogP contribution in [0, 0.1) is 0 Å². The van der Waals surface area contributed by atoms with E-state index in [0.717, 1.165) is 28.0 Å². The van der Waals surface area contributed by atoms with E-state index in [4.69, 9.17) is 5.73 Å². The molecule has 5 N–H and O–H groups in total. The first-order chi connectivity index (χ1) is 21.3. The van der Waals surface area contributed by atoms with Crippen LogP contribution in [0.3, 0.4) is 0 Å². The number of aromatic hydroxyl groups is 1. The van der Waals surface area contributed by atoms with E-state index in [0.29, 0.717) is 5.56 Å². The zero-order valence-electron chi connectivity index (χ0n) is 22.6. The van der Waals surface area contributed by atoms with Crippen molar-refractivity contribution in [3.63, 3.8) is 0 Å². The predicted octanol–water partition coefficient (Wildman–Crippen LogP) is 1.25. The lowest BCUT2D eigenvalue weighted by Gasteiger charge is -2.49. The Bertz CT molecular complexity index is 1700. The number of hydrogen-bond donors (Lipinski definition) is 4. The first kappa shape index (κ1) is 31.5. The monoisotopic (exact) mass is 666 g/mol. The van der Waals surface area contributed by atoms with E-state index in [-0.39, 0.29) is 53.0 Å². The molecule has 0 unspecified atom stereocenters. The molecule has 0 spiro atoms. The number of anilines is 1. The number of oxime groups is 1. The number of phenols is 1. The molecule has 2 fully saturated rings. The Hall–Kier alpha value is -4.91. The molecule has 2 saturated heterocycles. The fraction of sp³-hybridized carbons (Fsp3) is 0.269. The highest BCUT2D eigenvalue weighted by Gasteiger charge is 2.55. The van der Waals surface area contributed by atoms with Gasteiger partial charge in [-0.3, -0.25) is 19.3 Å². The number of esters is 2. The number of likely N-dealkylation sites (tertiary alicyclic amines) is 1. The number of rotatable bonds is 7. The number of nitrogens with zero attached hydrogens (tertiary/aromatic N) is 4. The highest BCUT2D eigenvalue weighted by atomic mass is 32.2. The molecule has 3 amide bonds. The van der Waals surface area contributed by atoms with Crippen LogP contribution in [0.1, 0.15) is 17.7 Å². The number of nitrogen functional groups attached to an aromatic ring is 1. The van der Waals surface area contributed by atoms with Gasteiger partial charge >= 0.3 is 18.1 Å². The summed E-state index contributed by atoms with van der Waals surface area (Å²) in [7, 11) is 0. The molecule has 19 heteroatoms. The van der Waals surface area contributed by atoms with Crippen molar-refractivity contribution in [2.45, 2.75) is 30.6 Å². The van der Waals surface area contributed by atoms with Crippen LogP contribution in [0.5, 0.6) is 5.75 Å². The van der Waals surface area contributed by atoms with E-state index in [2.05, 4.69) is 20.2 Å². The first-order valence-electron chi connectivity index (χ1n) is 12.8. The van der Waals surface area contributed by atoms with Crippen LogP contribution in [-0.4, -0.2) is 90.4 Å². The maximum absolute atomic E-state index is 13.2. The third-order valence-corrected chi connectivity index (χ3v) is 8.80. The number of nitrogens with one attached hydrogen (secondary N) is 1. The zero-order valence-corrected chi connectivity index (χ0v) is 24.2. The second-order valence-electron chi connectivity index (χ2n) is 9.75. The number of ether oxygens (including phenoxy) is 1. The Morgan fingerprint density at radius 1 is 1.27 bits per heavy atom. The number of hydrogen-bond acceptors (Lipinski definition) is 13. The number of halogens is 3. The number of aromatic nitrogens is 1. The summed E-state index contributed by atoms with van der Waals surface area (Å²) >= 11 is 1.97. The van der Waals surface area contributed by atoms with E-state index >= 15 is 0 Å². The second-order valence-corrected chi connectivity index (χ2v) is 11.7. The Kier molecular flexibility index (Phi) is 8.57. The molecule has 0 saturated carbocycles. The van der Waals surface area contributed by atoms with Gasteiger partial charge in [0.2, 0.25) is 5.91 Å². The van der Waals surface area contributed by atoms with Crippen LogP contribution in [-0.2, 0) is 35.3 Å². The van der Waals surface area contributed by atoms with Gasteiger partial charge in [-0.2, -0.15) is 13.2 Å². The number of thiazole rings is 1.